The maximum Gasteiger partial charge on any atom is 0.306 e. The zero-order valence-electron chi connectivity index (χ0n) is 15.1. The highest BCUT2D eigenvalue weighted by atomic mass is 32.2. The molecule has 2 heterocycles. The van der Waals surface area contributed by atoms with Gasteiger partial charge in [0.2, 0.25) is 0 Å². The van der Waals surface area contributed by atoms with Crippen molar-refractivity contribution < 1.29 is 23.1 Å². The van der Waals surface area contributed by atoms with E-state index in [-0.39, 0.29) is 36.1 Å². The molecule has 26 heavy (non-hydrogen) atoms. The molecule has 1 amide bonds. The van der Waals surface area contributed by atoms with E-state index in [1.165, 1.54) is 7.11 Å². The molecular formula is C17H25N3O5S. The Morgan fingerprint density at radius 2 is 2.19 bits per heavy atom. The van der Waals surface area contributed by atoms with Crippen LogP contribution in [0.1, 0.15) is 61.2 Å². The summed E-state index contributed by atoms with van der Waals surface area (Å²) in [5.74, 6) is 0.896. The van der Waals surface area contributed by atoms with Crippen molar-refractivity contribution in [2.45, 2.75) is 57.0 Å². The van der Waals surface area contributed by atoms with Crippen LogP contribution in [-0.2, 0) is 20.5 Å². The fraction of sp³-hybridized carbons (Fsp3) is 0.706. The standard InChI is InChI=1S/C17H25N3O5S/c1-11-9-13(5-7-20(11)26(23)8-6-16(21)24-2)18-17(22)14-10-15(25-19-14)12-3-4-12/h10-13H,3-9H2,1-2H3,(H,18,22)/t11-,13-,26?/m1/s1. The molecule has 0 radical (unpaired) electrons. The molecule has 8 nitrogen and oxygen atoms in total. The summed E-state index contributed by atoms with van der Waals surface area (Å²) in [6.45, 7) is 2.59. The quantitative estimate of drug-likeness (QED) is 0.714. The molecule has 1 aliphatic heterocycles. The van der Waals surface area contributed by atoms with Gasteiger partial charge in [0.05, 0.1) is 24.5 Å². The molecule has 1 N–H and O–H groups in total. The molecule has 1 saturated heterocycles. The van der Waals surface area contributed by atoms with Crippen LogP contribution < -0.4 is 5.32 Å². The molecule has 0 spiro atoms. The van der Waals surface area contributed by atoms with E-state index < -0.39 is 11.0 Å². The Bertz CT molecular complexity index is 688. The van der Waals surface area contributed by atoms with Crippen molar-refractivity contribution in [3.05, 3.63) is 17.5 Å². The Kier molecular flexibility index (Phi) is 6.08. The molecule has 1 aromatic rings. The van der Waals surface area contributed by atoms with Gasteiger partial charge in [0.25, 0.3) is 5.91 Å². The van der Waals surface area contributed by atoms with E-state index in [1.54, 1.807) is 6.07 Å². The SMILES string of the molecule is COC(=O)CCS(=O)N1CC[C@@H](NC(=O)c2cc(C3CC3)on2)C[C@H]1C. The van der Waals surface area contributed by atoms with Gasteiger partial charge in [-0.05, 0) is 32.6 Å². The number of carbonyl (C=O) groups is 2. The van der Waals surface area contributed by atoms with Gasteiger partial charge in [0.1, 0.15) is 5.76 Å². The third-order valence-electron chi connectivity index (χ3n) is 4.86. The molecule has 9 heteroatoms. The molecule has 0 bridgehead atoms. The average molecular weight is 383 g/mol. The summed E-state index contributed by atoms with van der Waals surface area (Å²) in [6, 6.07) is 1.78. The highest BCUT2D eigenvalue weighted by Crippen LogP contribution is 2.40. The van der Waals surface area contributed by atoms with Gasteiger partial charge in [-0.3, -0.25) is 9.59 Å². The first-order valence-electron chi connectivity index (χ1n) is 8.97. The van der Waals surface area contributed by atoms with Crippen molar-refractivity contribution >= 4 is 22.9 Å². The van der Waals surface area contributed by atoms with Crippen LogP contribution in [0.15, 0.2) is 10.6 Å². The molecule has 1 saturated carbocycles. The van der Waals surface area contributed by atoms with Crippen LogP contribution in [0.4, 0.5) is 0 Å². The molecule has 1 unspecified atom stereocenters. The number of hydrogen-bond acceptors (Lipinski definition) is 6. The second-order valence-electron chi connectivity index (χ2n) is 6.93. The predicted molar refractivity (Wildman–Crippen MR) is 94.8 cm³/mol. The minimum absolute atomic E-state index is 0.00688. The molecule has 1 aromatic heterocycles. The summed E-state index contributed by atoms with van der Waals surface area (Å²) in [6.07, 6.45) is 3.73. The topological polar surface area (TPSA) is 102 Å². The molecule has 1 aliphatic carbocycles. The fourth-order valence-corrected chi connectivity index (χ4v) is 4.56. The van der Waals surface area contributed by atoms with E-state index in [2.05, 4.69) is 15.2 Å². The van der Waals surface area contributed by atoms with Crippen LogP contribution in [0.5, 0.6) is 0 Å². The third kappa shape index (κ3) is 4.70. The number of aromatic nitrogens is 1. The smallest absolute Gasteiger partial charge is 0.306 e. The molecule has 3 atom stereocenters. The summed E-state index contributed by atoms with van der Waals surface area (Å²) in [7, 11) is 0.0990. The monoisotopic (exact) mass is 383 g/mol. The van der Waals surface area contributed by atoms with E-state index >= 15 is 0 Å². The Morgan fingerprint density at radius 3 is 2.85 bits per heavy atom. The lowest BCUT2D eigenvalue weighted by atomic mass is 10.0. The van der Waals surface area contributed by atoms with Gasteiger partial charge in [-0.1, -0.05) is 5.16 Å². The Morgan fingerprint density at radius 1 is 1.42 bits per heavy atom. The number of piperidine rings is 1. The minimum atomic E-state index is -1.22. The number of nitrogens with one attached hydrogen (secondary N) is 1. The van der Waals surface area contributed by atoms with Crippen LogP contribution in [0.2, 0.25) is 0 Å². The summed E-state index contributed by atoms with van der Waals surface area (Å²) in [5.41, 5.74) is 0.323. The molecular weight excluding hydrogens is 358 g/mol. The van der Waals surface area contributed by atoms with Crippen LogP contribution >= 0.6 is 0 Å². The number of rotatable bonds is 7. The lowest BCUT2D eigenvalue weighted by Crippen LogP contribution is -2.49. The number of nitrogens with zero attached hydrogens (tertiary/aromatic N) is 2. The summed E-state index contributed by atoms with van der Waals surface area (Å²) in [4.78, 5) is 23.5. The van der Waals surface area contributed by atoms with Crippen molar-refractivity contribution in [2.24, 2.45) is 0 Å². The van der Waals surface area contributed by atoms with Gasteiger partial charge in [-0.2, -0.15) is 0 Å². The zero-order valence-corrected chi connectivity index (χ0v) is 15.9. The largest absolute Gasteiger partial charge is 0.469 e. The normalized spacial score (nSPS) is 24.8. The first-order valence-corrected chi connectivity index (χ1v) is 10.2. The highest BCUT2D eigenvalue weighted by molar-refractivity contribution is 7.82. The van der Waals surface area contributed by atoms with Gasteiger partial charge in [0.15, 0.2) is 5.69 Å². The number of amides is 1. The first-order chi connectivity index (χ1) is 12.5. The number of esters is 1. The van der Waals surface area contributed by atoms with Crippen LogP contribution in [-0.4, -0.2) is 57.0 Å². The van der Waals surface area contributed by atoms with E-state index in [4.69, 9.17) is 4.52 Å². The second-order valence-corrected chi connectivity index (χ2v) is 8.45. The number of carbonyl (C=O) groups excluding carboxylic acids is 2. The van der Waals surface area contributed by atoms with Crippen molar-refractivity contribution in [3.8, 4) is 0 Å². The van der Waals surface area contributed by atoms with E-state index in [0.717, 1.165) is 18.6 Å². The fourth-order valence-electron chi connectivity index (χ4n) is 3.19. The number of ether oxygens (including phenoxy) is 1. The van der Waals surface area contributed by atoms with E-state index in [1.807, 2.05) is 11.2 Å². The minimum Gasteiger partial charge on any atom is -0.469 e. The van der Waals surface area contributed by atoms with Crippen molar-refractivity contribution in [2.75, 3.05) is 19.4 Å². The van der Waals surface area contributed by atoms with Gasteiger partial charge < -0.3 is 14.6 Å². The lowest BCUT2D eigenvalue weighted by Gasteiger charge is -2.36. The molecule has 3 rings (SSSR count). The third-order valence-corrected chi connectivity index (χ3v) is 6.48. The van der Waals surface area contributed by atoms with Gasteiger partial charge >= 0.3 is 5.97 Å². The number of hydrogen-bond donors (Lipinski definition) is 1. The van der Waals surface area contributed by atoms with Crippen molar-refractivity contribution in [1.82, 2.24) is 14.8 Å². The Labute approximate surface area is 155 Å². The Hall–Kier alpha value is -1.74. The van der Waals surface area contributed by atoms with E-state index in [9.17, 15) is 13.8 Å². The number of methoxy groups -OCH3 is 1. The molecule has 2 aliphatic rings. The lowest BCUT2D eigenvalue weighted by molar-refractivity contribution is -0.140. The van der Waals surface area contributed by atoms with Gasteiger partial charge in [0, 0.05) is 36.4 Å². The summed E-state index contributed by atoms with van der Waals surface area (Å²) >= 11 is 0. The molecule has 2 fully saturated rings. The summed E-state index contributed by atoms with van der Waals surface area (Å²) in [5, 5.41) is 6.86. The first kappa shape index (κ1) is 19.0. The zero-order chi connectivity index (χ0) is 18.7. The maximum atomic E-state index is 12.4. The predicted octanol–water partition coefficient (Wildman–Crippen LogP) is 1.36. The van der Waals surface area contributed by atoms with Crippen LogP contribution in [0.3, 0.4) is 0 Å². The van der Waals surface area contributed by atoms with Crippen molar-refractivity contribution in [1.29, 1.82) is 0 Å². The van der Waals surface area contributed by atoms with Crippen LogP contribution in [0, 0.1) is 0 Å². The molecule has 0 aromatic carbocycles. The summed E-state index contributed by atoms with van der Waals surface area (Å²) < 4.78 is 24.1. The van der Waals surface area contributed by atoms with E-state index in [0.29, 0.717) is 31.0 Å². The van der Waals surface area contributed by atoms with Crippen LogP contribution in [0.25, 0.3) is 0 Å². The van der Waals surface area contributed by atoms with Crippen molar-refractivity contribution in [3.63, 3.8) is 0 Å². The molecule has 144 valence electrons. The second kappa shape index (κ2) is 8.30. The highest BCUT2D eigenvalue weighted by Gasteiger charge is 2.32. The van der Waals surface area contributed by atoms with Gasteiger partial charge in [-0.25, -0.2) is 8.51 Å². The van der Waals surface area contributed by atoms with Gasteiger partial charge in [-0.15, -0.1) is 0 Å². The Balaban J connectivity index is 1.47. The maximum absolute atomic E-state index is 12.4. The average Bonchev–Trinajstić information content (AvgIpc) is 3.36.